The lowest BCUT2D eigenvalue weighted by Crippen LogP contribution is -2.50. The zero-order chi connectivity index (χ0) is 19.7. The summed E-state index contributed by atoms with van der Waals surface area (Å²) in [7, 11) is 1.67. The molecule has 0 atom stereocenters. The molecule has 1 aliphatic heterocycles. The maximum atomic E-state index is 12.6. The van der Waals surface area contributed by atoms with Crippen molar-refractivity contribution < 1.29 is 9.53 Å². The Morgan fingerprint density at radius 1 is 1.07 bits per heavy atom. The number of anilines is 2. The van der Waals surface area contributed by atoms with E-state index in [1.54, 1.807) is 18.4 Å². The summed E-state index contributed by atoms with van der Waals surface area (Å²) in [6, 6.07) is 11.9. The number of benzene rings is 2. The molecule has 6 nitrogen and oxygen atoms in total. The van der Waals surface area contributed by atoms with Crippen molar-refractivity contribution in [1.29, 1.82) is 0 Å². The second-order valence-corrected chi connectivity index (χ2v) is 8.04. The molecule has 0 spiro atoms. The lowest BCUT2D eigenvalue weighted by Gasteiger charge is -2.34. The number of nitrogens with zero attached hydrogens (tertiary/aromatic N) is 3. The monoisotopic (exact) mass is 396 g/mol. The molecule has 0 aliphatic carbocycles. The van der Waals surface area contributed by atoms with Gasteiger partial charge in [0.25, 0.3) is 0 Å². The SMILES string of the molecule is COc1ccc2nc(N3CCN(C(=O)Nc4ccc(C)c(C)c4)CC3)sc2c1. The zero-order valence-electron chi connectivity index (χ0n) is 16.4. The summed E-state index contributed by atoms with van der Waals surface area (Å²) in [5, 5.41) is 4.01. The Balaban J connectivity index is 1.38. The summed E-state index contributed by atoms with van der Waals surface area (Å²) in [5.41, 5.74) is 4.22. The molecule has 3 aromatic rings. The Kier molecular flexibility index (Phi) is 5.09. The average molecular weight is 397 g/mol. The minimum Gasteiger partial charge on any atom is -0.497 e. The molecule has 1 aromatic heterocycles. The molecule has 0 radical (unpaired) electrons. The number of ether oxygens (including phenoxy) is 1. The Labute approximate surface area is 168 Å². The molecule has 0 unspecified atom stereocenters. The Hall–Kier alpha value is -2.80. The van der Waals surface area contributed by atoms with Crippen molar-refractivity contribution >= 4 is 38.4 Å². The number of aromatic nitrogens is 1. The number of piperazine rings is 1. The Morgan fingerprint density at radius 3 is 2.57 bits per heavy atom. The van der Waals surface area contributed by atoms with E-state index < -0.39 is 0 Å². The van der Waals surface area contributed by atoms with E-state index in [0.29, 0.717) is 13.1 Å². The summed E-state index contributed by atoms with van der Waals surface area (Å²) in [6.07, 6.45) is 0. The molecule has 2 amide bonds. The van der Waals surface area contributed by atoms with Gasteiger partial charge in [0.05, 0.1) is 17.3 Å². The number of aryl methyl sites for hydroxylation is 2. The van der Waals surface area contributed by atoms with Gasteiger partial charge in [0.1, 0.15) is 5.75 Å². The molecule has 146 valence electrons. The van der Waals surface area contributed by atoms with Crippen LogP contribution in [0.5, 0.6) is 5.75 Å². The number of hydrogen-bond acceptors (Lipinski definition) is 5. The molecule has 1 fully saturated rings. The number of fused-ring (bicyclic) bond motifs is 1. The van der Waals surface area contributed by atoms with Crippen LogP contribution >= 0.6 is 11.3 Å². The molecule has 2 heterocycles. The lowest BCUT2D eigenvalue weighted by molar-refractivity contribution is 0.208. The van der Waals surface area contributed by atoms with Gasteiger partial charge in [-0.1, -0.05) is 17.4 Å². The van der Waals surface area contributed by atoms with Crippen molar-refractivity contribution in [3.8, 4) is 5.75 Å². The molecule has 1 aliphatic rings. The van der Waals surface area contributed by atoms with Crippen molar-refractivity contribution in [2.24, 2.45) is 0 Å². The molecule has 1 saturated heterocycles. The molecular weight excluding hydrogens is 372 g/mol. The van der Waals surface area contributed by atoms with Gasteiger partial charge in [0.2, 0.25) is 0 Å². The average Bonchev–Trinajstić information content (AvgIpc) is 3.14. The lowest BCUT2D eigenvalue weighted by atomic mass is 10.1. The van der Waals surface area contributed by atoms with Crippen molar-refractivity contribution in [3.05, 3.63) is 47.5 Å². The molecule has 28 heavy (non-hydrogen) atoms. The first-order chi connectivity index (χ1) is 13.5. The Bertz CT molecular complexity index is 1010. The summed E-state index contributed by atoms with van der Waals surface area (Å²) in [4.78, 5) is 21.4. The highest BCUT2D eigenvalue weighted by atomic mass is 32.1. The van der Waals surface area contributed by atoms with Crippen molar-refractivity contribution in [2.45, 2.75) is 13.8 Å². The highest BCUT2D eigenvalue weighted by Crippen LogP contribution is 2.31. The fourth-order valence-corrected chi connectivity index (χ4v) is 4.32. The Morgan fingerprint density at radius 2 is 1.86 bits per heavy atom. The minimum atomic E-state index is -0.0445. The number of methoxy groups -OCH3 is 1. The maximum absolute atomic E-state index is 12.6. The van der Waals surface area contributed by atoms with Gasteiger partial charge in [0.15, 0.2) is 5.13 Å². The smallest absolute Gasteiger partial charge is 0.321 e. The molecule has 2 aromatic carbocycles. The van der Waals surface area contributed by atoms with E-state index in [1.165, 1.54) is 11.1 Å². The first-order valence-corrected chi connectivity index (χ1v) is 10.2. The second-order valence-electron chi connectivity index (χ2n) is 7.03. The highest BCUT2D eigenvalue weighted by Gasteiger charge is 2.23. The van der Waals surface area contributed by atoms with E-state index in [2.05, 4.69) is 24.1 Å². The predicted octanol–water partition coefficient (Wildman–Crippen LogP) is 4.28. The van der Waals surface area contributed by atoms with Crippen molar-refractivity contribution in [2.75, 3.05) is 43.5 Å². The van der Waals surface area contributed by atoms with Gasteiger partial charge in [-0.15, -0.1) is 0 Å². The fourth-order valence-electron chi connectivity index (χ4n) is 3.28. The highest BCUT2D eigenvalue weighted by molar-refractivity contribution is 7.22. The number of amides is 2. The summed E-state index contributed by atoms with van der Waals surface area (Å²) in [5.74, 6) is 0.843. The summed E-state index contributed by atoms with van der Waals surface area (Å²) in [6.45, 7) is 7.02. The van der Waals surface area contributed by atoms with E-state index in [9.17, 15) is 4.79 Å². The standard InChI is InChI=1S/C21H24N4O2S/c1-14-4-5-16(12-15(14)2)22-20(26)24-8-10-25(11-9-24)21-23-18-7-6-17(27-3)13-19(18)28-21/h4-7,12-13H,8-11H2,1-3H3,(H,22,26). The van der Waals surface area contributed by atoms with Gasteiger partial charge in [-0.05, 0) is 55.3 Å². The number of thiazole rings is 1. The van der Waals surface area contributed by atoms with Crippen LogP contribution in [0.2, 0.25) is 0 Å². The van der Waals surface area contributed by atoms with Crippen LogP contribution in [0, 0.1) is 13.8 Å². The molecule has 7 heteroatoms. The van der Waals surface area contributed by atoms with Crippen molar-refractivity contribution in [1.82, 2.24) is 9.88 Å². The van der Waals surface area contributed by atoms with Gasteiger partial charge in [-0.25, -0.2) is 9.78 Å². The normalized spacial score (nSPS) is 14.4. The number of rotatable bonds is 3. The maximum Gasteiger partial charge on any atom is 0.321 e. The predicted molar refractivity (Wildman–Crippen MR) is 115 cm³/mol. The molecule has 1 N–H and O–H groups in total. The van der Waals surface area contributed by atoms with E-state index in [0.717, 1.165) is 39.9 Å². The van der Waals surface area contributed by atoms with Gasteiger partial charge in [-0.2, -0.15) is 0 Å². The molecule has 4 rings (SSSR count). The van der Waals surface area contributed by atoms with Crippen LogP contribution in [0.15, 0.2) is 36.4 Å². The second kappa shape index (κ2) is 7.67. The topological polar surface area (TPSA) is 57.7 Å². The van der Waals surface area contributed by atoms with Crippen LogP contribution in [-0.4, -0.2) is 49.2 Å². The molecule has 0 bridgehead atoms. The van der Waals surface area contributed by atoms with Crippen LogP contribution in [0.4, 0.5) is 15.6 Å². The van der Waals surface area contributed by atoms with Crippen molar-refractivity contribution in [3.63, 3.8) is 0 Å². The number of nitrogens with one attached hydrogen (secondary N) is 1. The number of carbonyl (C=O) groups is 1. The van der Waals surface area contributed by atoms with E-state index in [1.807, 2.05) is 41.3 Å². The first-order valence-electron chi connectivity index (χ1n) is 9.36. The minimum absolute atomic E-state index is 0.0445. The van der Waals surface area contributed by atoms with Gasteiger partial charge in [-0.3, -0.25) is 0 Å². The van der Waals surface area contributed by atoms with E-state index in [-0.39, 0.29) is 6.03 Å². The quantitative estimate of drug-likeness (QED) is 0.718. The third-order valence-electron chi connectivity index (χ3n) is 5.18. The van der Waals surface area contributed by atoms with E-state index >= 15 is 0 Å². The largest absolute Gasteiger partial charge is 0.497 e. The van der Waals surface area contributed by atoms with Crippen LogP contribution in [-0.2, 0) is 0 Å². The summed E-state index contributed by atoms with van der Waals surface area (Å²) >= 11 is 1.66. The fraction of sp³-hybridized carbons (Fsp3) is 0.333. The van der Waals surface area contributed by atoms with Gasteiger partial charge < -0.3 is 19.9 Å². The summed E-state index contributed by atoms with van der Waals surface area (Å²) < 4.78 is 6.41. The third-order valence-corrected chi connectivity index (χ3v) is 6.26. The van der Waals surface area contributed by atoms with Crippen LogP contribution < -0.4 is 15.0 Å². The molecule has 0 saturated carbocycles. The molecular formula is C21H24N4O2S. The number of urea groups is 1. The van der Waals surface area contributed by atoms with Crippen LogP contribution in [0.1, 0.15) is 11.1 Å². The third kappa shape index (κ3) is 3.75. The zero-order valence-corrected chi connectivity index (χ0v) is 17.2. The first kappa shape index (κ1) is 18.6. The number of carbonyl (C=O) groups excluding carboxylic acids is 1. The van der Waals surface area contributed by atoms with E-state index in [4.69, 9.17) is 9.72 Å². The van der Waals surface area contributed by atoms with Crippen LogP contribution in [0.3, 0.4) is 0 Å². The van der Waals surface area contributed by atoms with Crippen LogP contribution in [0.25, 0.3) is 10.2 Å². The van der Waals surface area contributed by atoms with Gasteiger partial charge in [0, 0.05) is 31.9 Å². The van der Waals surface area contributed by atoms with Gasteiger partial charge >= 0.3 is 6.03 Å². The number of hydrogen-bond donors (Lipinski definition) is 1.